The van der Waals surface area contributed by atoms with Crippen molar-refractivity contribution < 1.29 is 13.6 Å². The second-order valence-corrected chi connectivity index (χ2v) is 5.40. The van der Waals surface area contributed by atoms with E-state index in [4.69, 9.17) is 4.42 Å². The number of aromatic nitrogens is 2. The van der Waals surface area contributed by atoms with Crippen molar-refractivity contribution in [3.05, 3.63) is 78.1 Å². The number of hydrogen-bond acceptors (Lipinski definition) is 4. The number of carbonyl (C=O) groups excluding carboxylic acids is 1. The minimum atomic E-state index is -0.354. The van der Waals surface area contributed by atoms with Gasteiger partial charge in [-0.25, -0.2) is 4.39 Å². The molecule has 0 unspecified atom stereocenters. The zero-order chi connectivity index (χ0) is 17.2. The Labute approximate surface area is 142 Å². The molecule has 6 heteroatoms. The molecule has 0 aliphatic carbocycles. The van der Waals surface area contributed by atoms with Crippen LogP contribution in [0.15, 0.2) is 71.1 Å². The van der Waals surface area contributed by atoms with Crippen LogP contribution in [-0.2, 0) is 0 Å². The van der Waals surface area contributed by atoms with Gasteiger partial charge in [-0.05, 0) is 41.1 Å². The Morgan fingerprint density at radius 2 is 1.68 bits per heavy atom. The fourth-order valence-corrected chi connectivity index (χ4v) is 2.57. The van der Waals surface area contributed by atoms with Gasteiger partial charge in [0.25, 0.3) is 5.91 Å². The molecule has 0 aliphatic rings. The molecule has 0 spiro atoms. The largest absolute Gasteiger partial charge is 0.403 e. The minimum absolute atomic E-state index is 0.0164. The van der Waals surface area contributed by atoms with Crippen LogP contribution in [0.25, 0.3) is 22.2 Å². The maximum Gasteiger partial charge on any atom is 0.322 e. The Kier molecular flexibility index (Phi) is 3.70. The van der Waals surface area contributed by atoms with Gasteiger partial charge >= 0.3 is 6.01 Å². The maximum absolute atomic E-state index is 13.0. The van der Waals surface area contributed by atoms with Gasteiger partial charge in [0.1, 0.15) is 5.82 Å². The van der Waals surface area contributed by atoms with Crippen molar-refractivity contribution in [2.24, 2.45) is 0 Å². The van der Waals surface area contributed by atoms with E-state index in [2.05, 4.69) is 15.5 Å². The number of anilines is 1. The Morgan fingerprint density at radius 1 is 0.920 bits per heavy atom. The van der Waals surface area contributed by atoms with Crippen molar-refractivity contribution in [1.29, 1.82) is 0 Å². The van der Waals surface area contributed by atoms with Crippen LogP contribution < -0.4 is 5.32 Å². The molecule has 1 amide bonds. The molecular formula is C19H12FN3O2. The summed E-state index contributed by atoms with van der Waals surface area (Å²) >= 11 is 0. The van der Waals surface area contributed by atoms with Gasteiger partial charge in [0.15, 0.2) is 0 Å². The first-order chi connectivity index (χ1) is 12.2. The molecule has 0 atom stereocenters. The summed E-state index contributed by atoms with van der Waals surface area (Å²) in [5.41, 5.74) is 1.08. The number of halogens is 1. The molecule has 0 bridgehead atoms. The molecule has 1 heterocycles. The lowest BCUT2D eigenvalue weighted by molar-refractivity contribution is 0.102. The smallest absolute Gasteiger partial charge is 0.322 e. The first-order valence-corrected chi connectivity index (χ1v) is 7.59. The third-order valence-corrected chi connectivity index (χ3v) is 3.77. The summed E-state index contributed by atoms with van der Waals surface area (Å²) in [6.07, 6.45) is 0. The first kappa shape index (κ1) is 15.0. The summed E-state index contributed by atoms with van der Waals surface area (Å²) in [4.78, 5) is 12.5. The normalized spacial score (nSPS) is 10.8. The SMILES string of the molecule is O=C(Nc1nnc(-c2ccc(F)cc2)o1)c1cccc2ccccc12. The highest BCUT2D eigenvalue weighted by Gasteiger charge is 2.14. The number of hydrogen-bond donors (Lipinski definition) is 1. The van der Waals surface area contributed by atoms with E-state index in [1.54, 1.807) is 6.07 Å². The molecule has 122 valence electrons. The van der Waals surface area contributed by atoms with Crippen LogP contribution in [0.4, 0.5) is 10.4 Å². The van der Waals surface area contributed by atoms with E-state index in [9.17, 15) is 9.18 Å². The lowest BCUT2D eigenvalue weighted by Gasteiger charge is -2.05. The van der Waals surface area contributed by atoms with Gasteiger partial charge in [-0.2, -0.15) is 0 Å². The highest BCUT2D eigenvalue weighted by molar-refractivity contribution is 6.12. The van der Waals surface area contributed by atoms with Crippen molar-refractivity contribution in [2.45, 2.75) is 0 Å². The van der Waals surface area contributed by atoms with Gasteiger partial charge in [-0.1, -0.05) is 41.5 Å². The summed E-state index contributed by atoms with van der Waals surface area (Å²) in [6.45, 7) is 0. The zero-order valence-corrected chi connectivity index (χ0v) is 12.9. The quantitative estimate of drug-likeness (QED) is 0.607. The van der Waals surface area contributed by atoms with E-state index in [1.807, 2.05) is 36.4 Å². The van der Waals surface area contributed by atoms with Crippen LogP contribution >= 0.6 is 0 Å². The number of nitrogens with zero attached hydrogens (tertiary/aromatic N) is 2. The third-order valence-electron chi connectivity index (χ3n) is 3.77. The summed E-state index contributed by atoms with van der Waals surface area (Å²) in [6, 6.07) is 18.7. The standard InChI is InChI=1S/C19H12FN3O2/c20-14-10-8-13(9-11-14)18-22-23-19(25-18)21-17(24)16-7-3-5-12-4-1-2-6-15(12)16/h1-11H,(H,21,23,24). The van der Waals surface area contributed by atoms with Crippen molar-refractivity contribution in [2.75, 3.05) is 5.32 Å². The van der Waals surface area contributed by atoms with E-state index >= 15 is 0 Å². The lowest BCUT2D eigenvalue weighted by Crippen LogP contribution is -2.12. The molecule has 0 aliphatic heterocycles. The molecular weight excluding hydrogens is 321 g/mol. The molecule has 1 N–H and O–H groups in total. The summed E-state index contributed by atoms with van der Waals surface area (Å²) in [7, 11) is 0. The number of rotatable bonds is 3. The Hall–Kier alpha value is -3.54. The molecule has 0 fully saturated rings. The van der Waals surface area contributed by atoms with Crippen molar-refractivity contribution >= 4 is 22.7 Å². The van der Waals surface area contributed by atoms with Crippen LogP contribution in [0.5, 0.6) is 0 Å². The Morgan fingerprint density at radius 3 is 2.52 bits per heavy atom. The van der Waals surface area contributed by atoms with E-state index < -0.39 is 0 Å². The topological polar surface area (TPSA) is 68.0 Å². The van der Waals surface area contributed by atoms with Gasteiger partial charge in [-0.15, -0.1) is 5.10 Å². The van der Waals surface area contributed by atoms with Crippen LogP contribution in [0.1, 0.15) is 10.4 Å². The number of benzene rings is 3. The number of amides is 1. The lowest BCUT2D eigenvalue weighted by atomic mass is 10.0. The molecule has 4 rings (SSSR count). The zero-order valence-electron chi connectivity index (χ0n) is 12.9. The minimum Gasteiger partial charge on any atom is -0.403 e. The van der Waals surface area contributed by atoms with Crippen molar-refractivity contribution in [3.8, 4) is 11.5 Å². The van der Waals surface area contributed by atoms with Gasteiger partial charge in [0.2, 0.25) is 5.89 Å². The first-order valence-electron chi connectivity index (χ1n) is 7.59. The fourth-order valence-electron chi connectivity index (χ4n) is 2.57. The predicted molar refractivity (Wildman–Crippen MR) is 91.6 cm³/mol. The highest BCUT2D eigenvalue weighted by Crippen LogP contribution is 2.22. The highest BCUT2D eigenvalue weighted by atomic mass is 19.1. The average Bonchev–Trinajstić information content (AvgIpc) is 3.10. The second kappa shape index (κ2) is 6.16. The molecule has 0 saturated carbocycles. The average molecular weight is 333 g/mol. The molecule has 0 saturated heterocycles. The van der Waals surface area contributed by atoms with E-state index in [0.29, 0.717) is 11.1 Å². The summed E-state index contributed by atoms with van der Waals surface area (Å²) < 4.78 is 18.4. The molecule has 3 aromatic carbocycles. The Bertz CT molecular complexity index is 1050. The van der Waals surface area contributed by atoms with Gasteiger partial charge in [0, 0.05) is 11.1 Å². The molecule has 0 radical (unpaired) electrons. The van der Waals surface area contributed by atoms with E-state index in [1.165, 1.54) is 24.3 Å². The van der Waals surface area contributed by atoms with E-state index in [0.717, 1.165) is 10.8 Å². The number of nitrogens with one attached hydrogen (secondary N) is 1. The number of fused-ring (bicyclic) bond motifs is 1. The fraction of sp³-hybridized carbons (Fsp3) is 0. The van der Waals surface area contributed by atoms with Gasteiger partial charge in [-0.3, -0.25) is 10.1 Å². The van der Waals surface area contributed by atoms with Crippen molar-refractivity contribution in [3.63, 3.8) is 0 Å². The number of carbonyl (C=O) groups is 1. The van der Waals surface area contributed by atoms with E-state index in [-0.39, 0.29) is 23.6 Å². The monoisotopic (exact) mass is 333 g/mol. The Balaban J connectivity index is 1.60. The summed E-state index contributed by atoms with van der Waals surface area (Å²) in [5.74, 6) is -0.493. The van der Waals surface area contributed by atoms with Crippen LogP contribution in [0.2, 0.25) is 0 Å². The third kappa shape index (κ3) is 2.97. The molecule has 25 heavy (non-hydrogen) atoms. The summed E-state index contributed by atoms with van der Waals surface area (Å²) in [5, 5.41) is 12.1. The predicted octanol–water partition coefficient (Wildman–Crippen LogP) is 4.28. The van der Waals surface area contributed by atoms with Crippen molar-refractivity contribution in [1.82, 2.24) is 10.2 Å². The molecule has 1 aromatic heterocycles. The van der Waals surface area contributed by atoms with Gasteiger partial charge in [0.05, 0.1) is 0 Å². The molecule has 5 nitrogen and oxygen atoms in total. The maximum atomic E-state index is 13.0. The second-order valence-electron chi connectivity index (χ2n) is 5.40. The van der Waals surface area contributed by atoms with Crippen LogP contribution in [0.3, 0.4) is 0 Å². The molecule has 4 aromatic rings. The van der Waals surface area contributed by atoms with Crippen LogP contribution in [0, 0.1) is 5.82 Å². The van der Waals surface area contributed by atoms with Crippen LogP contribution in [-0.4, -0.2) is 16.1 Å². The van der Waals surface area contributed by atoms with Gasteiger partial charge < -0.3 is 4.42 Å².